The number of fused-ring (bicyclic) bond motifs is 4. The lowest BCUT2D eigenvalue weighted by Crippen LogP contribution is -2.63. The third-order valence-corrected chi connectivity index (χ3v) is 8.89. The number of nitrogens with one attached hydrogen (secondary N) is 1. The van der Waals surface area contributed by atoms with E-state index in [-0.39, 0.29) is 30.9 Å². The lowest BCUT2D eigenvalue weighted by atomic mass is 9.75. The van der Waals surface area contributed by atoms with Gasteiger partial charge in [-0.2, -0.15) is 0 Å². The highest BCUT2D eigenvalue weighted by Crippen LogP contribution is 2.50. The number of aliphatic carboxylic acids is 1. The number of carboxylic acid groups (broad SMARTS) is 1. The molecule has 6 rings (SSSR count). The normalized spacial score (nSPS) is 25.8. The molecule has 0 spiro atoms. The average molecular weight is 475 g/mol. The molecule has 35 heavy (non-hydrogen) atoms. The van der Waals surface area contributed by atoms with Gasteiger partial charge >= 0.3 is 12.1 Å². The maximum atomic E-state index is 13.5. The Hall–Kier alpha value is -3.35. The van der Waals surface area contributed by atoms with Crippen molar-refractivity contribution >= 4 is 18.0 Å². The van der Waals surface area contributed by atoms with Gasteiger partial charge in [0.15, 0.2) is 0 Å². The second-order valence-corrected chi connectivity index (χ2v) is 10.6. The molecule has 1 saturated heterocycles. The highest BCUT2D eigenvalue weighted by molar-refractivity contribution is 5.92. The van der Waals surface area contributed by atoms with Gasteiger partial charge in [0.1, 0.15) is 12.1 Å². The van der Waals surface area contributed by atoms with Crippen LogP contribution in [0.15, 0.2) is 48.5 Å². The Morgan fingerprint density at radius 2 is 1.63 bits per heavy atom. The molecule has 2 aromatic carbocycles. The van der Waals surface area contributed by atoms with Crippen molar-refractivity contribution in [1.29, 1.82) is 0 Å². The van der Waals surface area contributed by atoms with Gasteiger partial charge in [-0.05, 0) is 60.3 Å². The number of alkyl carbamates (subject to hydrolysis) is 1. The number of hydrogen-bond acceptors (Lipinski definition) is 4. The van der Waals surface area contributed by atoms with Crippen LogP contribution in [0.3, 0.4) is 0 Å². The second-order valence-electron chi connectivity index (χ2n) is 10.6. The molecule has 0 aromatic heterocycles. The van der Waals surface area contributed by atoms with Gasteiger partial charge in [-0.3, -0.25) is 9.59 Å². The molecule has 0 unspecified atom stereocenters. The van der Waals surface area contributed by atoms with E-state index < -0.39 is 23.0 Å². The zero-order chi connectivity index (χ0) is 24.2. The molecule has 4 aliphatic rings. The van der Waals surface area contributed by atoms with Crippen molar-refractivity contribution in [3.63, 3.8) is 0 Å². The summed E-state index contributed by atoms with van der Waals surface area (Å²) < 4.78 is 5.70. The molecule has 1 aliphatic heterocycles. The van der Waals surface area contributed by atoms with Gasteiger partial charge in [-0.15, -0.1) is 0 Å². The van der Waals surface area contributed by atoms with Crippen molar-refractivity contribution in [2.45, 2.75) is 50.0 Å². The maximum absolute atomic E-state index is 13.5. The highest BCUT2D eigenvalue weighted by Gasteiger charge is 2.58. The first-order chi connectivity index (χ1) is 16.9. The highest BCUT2D eigenvalue weighted by atomic mass is 16.5. The Bertz CT molecular complexity index is 1160. The Labute approximate surface area is 204 Å². The van der Waals surface area contributed by atoms with E-state index in [2.05, 4.69) is 29.6 Å². The molecule has 2 saturated carbocycles. The van der Waals surface area contributed by atoms with Gasteiger partial charge in [-0.25, -0.2) is 4.79 Å². The fourth-order valence-corrected chi connectivity index (χ4v) is 6.85. The smallest absolute Gasteiger partial charge is 0.408 e. The zero-order valence-corrected chi connectivity index (χ0v) is 19.7. The lowest BCUT2D eigenvalue weighted by Gasteiger charge is -2.43. The van der Waals surface area contributed by atoms with E-state index in [1.54, 1.807) is 4.90 Å². The van der Waals surface area contributed by atoms with Crippen molar-refractivity contribution in [1.82, 2.24) is 10.2 Å². The Morgan fingerprint density at radius 3 is 2.20 bits per heavy atom. The first kappa shape index (κ1) is 22.1. The average Bonchev–Trinajstić information content (AvgIpc) is 3.49. The van der Waals surface area contributed by atoms with E-state index >= 15 is 0 Å². The fraction of sp³-hybridized carbons (Fsp3) is 0.464. The summed E-state index contributed by atoms with van der Waals surface area (Å²) in [4.78, 5) is 40.2. The first-order valence-electron chi connectivity index (χ1n) is 12.6. The molecule has 2 N–H and O–H groups in total. The van der Waals surface area contributed by atoms with Crippen LogP contribution in [0.2, 0.25) is 0 Å². The molecule has 2 atom stereocenters. The Morgan fingerprint density at radius 1 is 0.971 bits per heavy atom. The molecular formula is C28H30N2O5. The summed E-state index contributed by atoms with van der Waals surface area (Å²) in [7, 11) is 0. The summed E-state index contributed by atoms with van der Waals surface area (Å²) >= 11 is 0. The van der Waals surface area contributed by atoms with Gasteiger partial charge < -0.3 is 20.1 Å². The first-order valence-corrected chi connectivity index (χ1v) is 12.6. The minimum Gasteiger partial charge on any atom is -0.481 e. The molecule has 2 amide bonds. The second kappa shape index (κ2) is 8.11. The van der Waals surface area contributed by atoms with Gasteiger partial charge in [0.2, 0.25) is 5.91 Å². The van der Waals surface area contributed by atoms with Gasteiger partial charge in [0.05, 0.1) is 5.41 Å². The van der Waals surface area contributed by atoms with Crippen LogP contribution < -0.4 is 5.32 Å². The summed E-state index contributed by atoms with van der Waals surface area (Å²) in [5, 5.41) is 12.8. The quantitative estimate of drug-likeness (QED) is 0.678. The van der Waals surface area contributed by atoms with E-state index in [1.807, 2.05) is 24.3 Å². The van der Waals surface area contributed by atoms with Gasteiger partial charge in [-0.1, -0.05) is 55.0 Å². The number of carbonyl (C=O) groups excluding carboxylic acids is 2. The van der Waals surface area contributed by atoms with Crippen LogP contribution in [0.25, 0.3) is 11.1 Å². The number of ether oxygens (including phenoxy) is 1. The van der Waals surface area contributed by atoms with Crippen molar-refractivity contribution in [2.75, 3.05) is 19.7 Å². The SMILES string of the molecule is O=C(NC1(C(=O)N2C[C@@H]3CCC[C@]3(C(=O)O)C2)CCC1)OCC1c2ccccc2-c2ccccc21. The predicted molar refractivity (Wildman–Crippen MR) is 129 cm³/mol. The number of hydrogen-bond donors (Lipinski definition) is 2. The number of rotatable bonds is 5. The number of likely N-dealkylation sites (tertiary alicyclic amines) is 1. The van der Waals surface area contributed by atoms with Crippen LogP contribution in [-0.4, -0.2) is 53.2 Å². The summed E-state index contributed by atoms with van der Waals surface area (Å²) in [6, 6.07) is 16.3. The van der Waals surface area contributed by atoms with Crippen molar-refractivity contribution in [3.8, 4) is 11.1 Å². The predicted octanol–water partition coefficient (Wildman–Crippen LogP) is 4.16. The standard InChI is InChI=1S/C28H30N2O5/c31-24(30-15-18-7-5-12-27(18,17-30)25(32)33)28(13-6-14-28)29-26(34)35-16-23-21-10-3-1-8-19(21)20-9-2-4-11-22(20)23/h1-4,8-11,18,23H,5-7,12-17H2,(H,29,34)(H,32,33)/t18-,27-/m0/s1. The number of carbonyl (C=O) groups is 3. The molecule has 1 heterocycles. The van der Waals surface area contributed by atoms with Gasteiger partial charge in [0.25, 0.3) is 0 Å². The van der Waals surface area contributed by atoms with Crippen LogP contribution >= 0.6 is 0 Å². The van der Waals surface area contributed by atoms with Crippen molar-refractivity contribution in [2.24, 2.45) is 11.3 Å². The Balaban J connectivity index is 1.14. The maximum Gasteiger partial charge on any atom is 0.408 e. The van der Waals surface area contributed by atoms with Crippen LogP contribution in [0, 0.1) is 11.3 Å². The van der Waals surface area contributed by atoms with Crippen molar-refractivity contribution < 1.29 is 24.2 Å². The van der Waals surface area contributed by atoms with E-state index in [9.17, 15) is 19.5 Å². The van der Waals surface area contributed by atoms with Crippen LogP contribution in [0.4, 0.5) is 4.79 Å². The van der Waals surface area contributed by atoms with E-state index in [0.717, 1.165) is 41.5 Å². The number of nitrogens with zero attached hydrogens (tertiary/aromatic N) is 1. The van der Waals surface area contributed by atoms with Crippen LogP contribution in [-0.2, 0) is 14.3 Å². The van der Waals surface area contributed by atoms with E-state index in [0.29, 0.717) is 25.8 Å². The summed E-state index contributed by atoms with van der Waals surface area (Å²) in [5.74, 6) is -1.01. The molecule has 3 fully saturated rings. The summed E-state index contributed by atoms with van der Waals surface area (Å²) in [6.45, 7) is 0.886. The Kier molecular flexibility index (Phi) is 5.13. The molecular weight excluding hydrogens is 444 g/mol. The fourth-order valence-electron chi connectivity index (χ4n) is 6.85. The van der Waals surface area contributed by atoms with Gasteiger partial charge in [0, 0.05) is 19.0 Å². The lowest BCUT2D eigenvalue weighted by molar-refractivity contribution is -0.150. The topological polar surface area (TPSA) is 95.9 Å². The number of carboxylic acids is 1. The molecule has 7 heteroatoms. The number of benzene rings is 2. The molecule has 182 valence electrons. The third-order valence-electron chi connectivity index (χ3n) is 8.89. The van der Waals surface area contributed by atoms with Crippen molar-refractivity contribution in [3.05, 3.63) is 59.7 Å². The molecule has 0 radical (unpaired) electrons. The monoisotopic (exact) mass is 474 g/mol. The summed E-state index contributed by atoms with van der Waals surface area (Å²) in [5.41, 5.74) is 2.78. The largest absolute Gasteiger partial charge is 0.481 e. The number of amides is 2. The van der Waals surface area contributed by atoms with E-state index in [4.69, 9.17) is 4.74 Å². The molecule has 7 nitrogen and oxygen atoms in total. The molecule has 3 aliphatic carbocycles. The zero-order valence-electron chi connectivity index (χ0n) is 19.7. The van der Waals surface area contributed by atoms with Crippen LogP contribution in [0.5, 0.6) is 0 Å². The summed E-state index contributed by atoms with van der Waals surface area (Å²) in [6.07, 6.45) is 3.70. The molecule has 2 aromatic rings. The third kappa shape index (κ3) is 3.35. The van der Waals surface area contributed by atoms with Crippen LogP contribution in [0.1, 0.15) is 55.6 Å². The van der Waals surface area contributed by atoms with E-state index in [1.165, 1.54) is 0 Å². The molecule has 0 bridgehead atoms. The minimum absolute atomic E-state index is 0.00414. The minimum atomic E-state index is -0.985.